The van der Waals surface area contributed by atoms with Crippen molar-refractivity contribution in [3.05, 3.63) is 29.3 Å². The Balaban J connectivity index is 2.16. The SMILES string of the molecule is COc1nnc(OCC(=O)N(c2cccc(Cl)c2)C(C)C)[s+]1C(F)F. The number of rotatable bonds is 7. The standard InChI is InChI=1S/C15H17ClF2N3O3S/c1-9(2)21(11-6-4-5-10(16)7-11)12(22)8-24-15-20-19-14(23-3)25(15)13(17)18/h4-7,9,13H,8H2,1-3H3/q+1. The van der Waals surface area contributed by atoms with E-state index in [0.29, 0.717) is 10.7 Å². The molecule has 10 heteroatoms. The molecule has 0 saturated carbocycles. The van der Waals surface area contributed by atoms with Crippen LogP contribution < -0.4 is 14.4 Å². The third kappa shape index (κ3) is 4.55. The number of alkyl halides is 2. The van der Waals surface area contributed by atoms with Crippen LogP contribution in [0, 0.1) is 0 Å². The number of anilines is 1. The Morgan fingerprint density at radius 2 is 2.00 bits per heavy atom. The van der Waals surface area contributed by atoms with Gasteiger partial charge >= 0.3 is 16.1 Å². The molecule has 2 rings (SSSR count). The number of ether oxygens (including phenoxy) is 2. The zero-order valence-corrected chi connectivity index (χ0v) is 15.4. The molecule has 2 aromatic rings. The molecule has 1 aromatic carbocycles. The average molecular weight is 393 g/mol. The summed E-state index contributed by atoms with van der Waals surface area (Å²) in [5, 5.41) is 7.02. The fourth-order valence-electron chi connectivity index (χ4n) is 2.17. The van der Waals surface area contributed by atoms with Gasteiger partial charge in [0.1, 0.15) is 0 Å². The normalized spacial score (nSPS) is 11.8. The minimum atomic E-state index is -2.77. The van der Waals surface area contributed by atoms with E-state index < -0.39 is 28.7 Å². The molecule has 0 radical (unpaired) electrons. The molecule has 25 heavy (non-hydrogen) atoms. The topological polar surface area (TPSA) is 64.6 Å². The lowest BCUT2D eigenvalue weighted by molar-refractivity contribution is -0.120. The van der Waals surface area contributed by atoms with E-state index in [2.05, 4.69) is 10.2 Å². The van der Waals surface area contributed by atoms with Crippen molar-refractivity contribution in [3.8, 4) is 10.4 Å². The van der Waals surface area contributed by atoms with E-state index in [1.807, 2.05) is 13.8 Å². The van der Waals surface area contributed by atoms with E-state index in [4.69, 9.17) is 21.1 Å². The van der Waals surface area contributed by atoms with E-state index in [0.717, 1.165) is 0 Å². The van der Waals surface area contributed by atoms with Gasteiger partial charge in [0.25, 0.3) is 5.91 Å². The predicted octanol–water partition coefficient (Wildman–Crippen LogP) is 4.10. The summed E-state index contributed by atoms with van der Waals surface area (Å²) in [5.74, 6) is -3.19. The highest BCUT2D eigenvalue weighted by atomic mass is 35.5. The highest BCUT2D eigenvalue weighted by Crippen LogP contribution is 2.48. The summed E-state index contributed by atoms with van der Waals surface area (Å²) >= 11 is 5.97. The Morgan fingerprint density at radius 3 is 2.56 bits per heavy atom. The molecule has 0 aliphatic carbocycles. The van der Waals surface area contributed by atoms with Gasteiger partial charge in [0.2, 0.25) is 0 Å². The first-order chi connectivity index (χ1) is 11.8. The van der Waals surface area contributed by atoms with Crippen molar-refractivity contribution in [3.63, 3.8) is 0 Å². The van der Waals surface area contributed by atoms with Gasteiger partial charge in [-0.3, -0.25) is 4.79 Å². The zero-order chi connectivity index (χ0) is 18.6. The molecule has 1 heterocycles. The number of amides is 1. The summed E-state index contributed by atoms with van der Waals surface area (Å²) in [6.45, 7) is 3.19. The largest absolute Gasteiger partial charge is 0.464 e. The van der Waals surface area contributed by atoms with Gasteiger partial charge in [0.05, 0.1) is 7.11 Å². The molecule has 0 spiro atoms. The molecule has 0 aliphatic rings. The number of benzene rings is 1. The molecule has 1 atom stereocenters. The molecular weight excluding hydrogens is 376 g/mol. The van der Waals surface area contributed by atoms with Gasteiger partial charge in [-0.1, -0.05) is 27.9 Å². The molecule has 136 valence electrons. The van der Waals surface area contributed by atoms with Gasteiger partial charge in [-0.2, -0.15) is 8.78 Å². The predicted molar refractivity (Wildman–Crippen MR) is 91.9 cm³/mol. The van der Waals surface area contributed by atoms with Crippen molar-refractivity contribution in [2.75, 3.05) is 18.6 Å². The van der Waals surface area contributed by atoms with Crippen LogP contribution in [-0.4, -0.2) is 35.9 Å². The van der Waals surface area contributed by atoms with Crippen molar-refractivity contribution >= 4 is 33.7 Å². The van der Waals surface area contributed by atoms with Crippen LogP contribution >= 0.6 is 22.1 Å². The van der Waals surface area contributed by atoms with Gasteiger partial charge in [0.15, 0.2) is 17.1 Å². The third-order valence-corrected chi connectivity index (χ3v) is 4.92. The maximum atomic E-state index is 13.1. The Labute approximate surface area is 151 Å². The summed E-state index contributed by atoms with van der Waals surface area (Å²) in [7, 11) is -0.586. The quantitative estimate of drug-likeness (QED) is 0.663. The minimum Gasteiger partial charge on any atom is -0.440 e. The molecule has 1 unspecified atom stereocenters. The number of aromatic nitrogens is 2. The van der Waals surface area contributed by atoms with Crippen LogP contribution in [0.3, 0.4) is 0 Å². The maximum Gasteiger partial charge on any atom is 0.464 e. The molecular formula is C15H17ClF2N3O3S+. The van der Waals surface area contributed by atoms with Crippen molar-refractivity contribution < 1.29 is 23.0 Å². The first-order valence-corrected chi connectivity index (χ1v) is 8.93. The van der Waals surface area contributed by atoms with Crippen LogP contribution in [0.15, 0.2) is 24.3 Å². The molecule has 1 aromatic heterocycles. The van der Waals surface area contributed by atoms with Crippen molar-refractivity contribution in [2.24, 2.45) is 0 Å². The first-order valence-electron chi connectivity index (χ1n) is 7.26. The second-order valence-electron chi connectivity index (χ2n) is 5.16. The fourth-order valence-corrected chi connectivity index (χ4v) is 3.43. The van der Waals surface area contributed by atoms with Crippen LogP contribution in [0.25, 0.3) is 0 Å². The Bertz CT molecular complexity index is 743. The Hall–Kier alpha value is -2.00. The number of methoxy groups -OCH3 is 1. The number of nitrogens with zero attached hydrogens (tertiary/aromatic N) is 3. The molecule has 0 bridgehead atoms. The van der Waals surface area contributed by atoms with Gasteiger partial charge in [0, 0.05) is 16.8 Å². The Kier molecular flexibility index (Phi) is 6.49. The fraction of sp³-hybridized carbons (Fsp3) is 0.400. The lowest BCUT2D eigenvalue weighted by Crippen LogP contribution is -2.40. The summed E-state index contributed by atoms with van der Waals surface area (Å²) in [6.07, 6.45) is 0. The smallest absolute Gasteiger partial charge is 0.440 e. The van der Waals surface area contributed by atoms with Crippen molar-refractivity contribution in [2.45, 2.75) is 25.6 Å². The second kappa shape index (κ2) is 8.39. The summed E-state index contributed by atoms with van der Waals surface area (Å²) in [4.78, 5) is 14.0. The van der Waals surface area contributed by atoms with E-state index in [1.54, 1.807) is 24.3 Å². The molecule has 6 nitrogen and oxygen atoms in total. The highest BCUT2D eigenvalue weighted by Gasteiger charge is 2.37. The van der Waals surface area contributed by atoms with E-state index in [-0.39, 0.29) is 16.4 Å². The maximum absolute atomic E-state index is 13.1. The molecule has 0 N–H and O–H groups in total. The van der Waals surface area contributed by atoms with Crippen LogP contribution in [0.5, 0.6) is 10.4 Å². The lowest BCUT2D eigenvalue weighted by atomic mass is 10.2. The number of halogens is 3. The van der Waals surface area contributed by atoms with Crippen LogP contribution in [0.1, 0.15) is 19.6 Å². The van der Waals surface area contributed by atoms with Crippen molar-refractivity contribution in [1.82, 2.24) is 10.2 Å². The summed E-state index contributed by atoms with van der Waals surface area (Å²) in [5.41, 5.74) is 0.589. The molecule has 0 aliphatic heterocycles. The van der Waals surface area contributed by atoms with Gasteiger partial charge in [-0.15, -0.1) is 0 Å². The lowest BCUT2D eigenvalue weighted by Gasteiger charge is -2.26. The van der Waals surface area contributed by atoms with E-state index in [9.17, 15) is 13.6 Å². The summed E-state index contributed by atoms with van der Waals surface area (Å²) < 4.78 is 36.2. The van der Waals surface area contributed by atoms with Crippen LogP contribution in [-0.2, 0) is 4.79 Å². The second-order valence-corrected chi connectivity index (χ2v) is 7.33. The average Bonchev–Trinajstić information content (AvgIpc) is 2.96. The zero-order valence-electron chi connectivity index (χ0n) is 13.8. The monoisotopic (exact) mass is 392 g/mol. The van der Waals surface area contributed by atoms with Crippen molar-refractivity contribution in [1.29, 1.82) is 0 Å². The van der Waals surface area contributed by atoms with Gasteiger partial charge < -0.3 is 14.4 Å². The number of carbonyl (C=O) groups excluding carboxylic acids is 1. The van der Waals surface area contributed by atoms with E-state index >= 15 is 0 Å². The third-order valence-electron chi connectivity index (χ3n) is 3.13. The number of hydrogen-bond acceptors (Lipinski definition) is 5. The van der Waals surface area contributed by atoms with E-state index in [1.165, 1.54) is 12.0 Å². The molecule has 1 amide bonds. The Morgan fingerprint density at radius 1 is 1.32 bits per heavy atom. The van der Waals surface area contributed by atoms with Crippen LogP contribution in [0.4, 0.5) is 14.5 Å². The van der Waals surface area contributed by atoms with Gasteiger partial charge in [-0.25, -0.2) is 0 Å². The van der Waals surface area contributed by atoms with Gasteiger partial charge in [-0.05, 0) is 32.0 Å². The van der Waals surface area contributed by atoms with Crippen LogP contribution in [0.2, 0.25) is 5.02 Å². The summed E-state index contributed by atoms with van der Waals surface area (Å²) in [6, 6.07) is 6.60. The minimum absolute atomic E-state index is 0.181. The molecule has 0 fully saturated rings. The number of hydrogen-bond donors (Lipinski definition) is 0. The highest BCUT2D eigenvalue weighted by molar-refractivity contribution is 7.34. The molecule has 0 saturated heterocycles. The number of carbonyl (C=O) groups is 1. The first kappa shape index (κ1) is 19.3.